The number of aliphatic hydroxyl groups is 1. The van der Waals surface area contributed by atoms with Crippen molar-refractivity contribution in [2.45, 2.75) is 38.8 Å². The predicted molar refractivity (Wildman–Crippen MR) is 135 cm³/mol. The second-order valence-corrected chi connectivity index (χ2v) is 9.01. The van der Waals surface area contributed by atoms with Gasteiger partial charge in [0.2, 0.25) is 0 Å². The maximum atomic E-state index is 9.90. The van der Waals surface area contributed by atoms with Gasteiger partial charge < -0.3 is 15.2 Å². The third kappa shape index (κ3) is 4.41. The summed E-state index contributed by atoms with van der Waals surface area (Å²) in [6, 6.07) is 20.7. The number of benzene rings is 2. The van der Waals surface area contributed by atoms with Gasteiger partial charge in [-0.1, -0.05) is 50.2 Å². The van der Waals surface area contributed by atoms with Gasteiger partial charge in [-0.2, -0.15) is 5.10 Å². The number of nitrogens with zero attached hydrogens (tertiary/aromatic N) is 3. The zero-order chi connectivity index (χ0) is 23.5. The number of rotatable bonds is 7. The van der Waals surface area contributed by atoms with Crippen LogP contribution in [0.2, 0.25) is 0 Å². The number of fused-ring (bicyclic) bond motifs is 1. The van der Waals surface area contributed by atoms with Crippen molar-refractivity contribution < 1.29 is 9.84 Å². The van der Waals surface area contributed by atoms with E-state index in [2.05, 4.69) is 60.5 Å². The number of aliphatic hydroxyl groups excluding tert-OH is 1. The first-order valence-electron chi connectivity index (χ1n) is 11.8. The molecular formula is C28H30N4O2. The van der Waals surface area contributed by atoms with E-state index in [1.165, 1.54) is 5.56 Å². The van der Waals surface area contributed by atoms with Gasteiger partial charge in [-0.25, -0.2) is 4.68 Å². The van der Waals surface area contributed by atoms with Crippen molar-refractivity contribution in [3.8, 4) is 28.1 Å². The van der Waals surface area contributed by atoms with E-state index in [9.17, 15) is 5.11 Å². The van der Waals surface area contributed by atoms with Crippen LogP contribution in [0.1, 0.15) is 43.4 Å². The Bertz CT molecular complexity index is 1230. The summed E-state index contributed by atoms with van der Waals surface area (Å²) >= 11 is 0. The smallest absolute Gasteiger partial charge is 0.133 e. The molecule has 6 nitrogen and oxygen atoms in total. The molecule has 1 atom stereocenters. The highest BCUT2D eigenvalue weighted by Crippen LogP contribution is 2.41. The van der Waals surface area contributed by atoms with Crippen molar-refractivity contribution in [3.05, 3.63) is 84.2 Å². The van der Waals surface area contributed by atoms with E-state index in [-0.39, 0.29) is 12.6 Å². The van der Waals surface area contributed by atoms with Crippen molar-refractivity contribution in [1.29, 1.82) is 0 Å². The average Bonchev–Trinajstić information content (AvgIpc) is 3.28. The monoisotopic (exact) mass is 454 g/mol. The summed E-state index contributed by atoms with van der Waals surface area (Å²) in [5, 5.41) is 18.3. The van der Waals surface area contributed by atoms with Gasteiger partial charge in [-0.15, -0.1) is 0 Å². The Balaban J connectivity index is 1.42. The largest absolute Gasteiger partial charge is 0.489 e. The minimum atomic E-state index is -0.0322. The van der Waals surface area contributed by atoms with E-state index >= 15 is 0 Å². The van der Waals surface area contributed by atoms with E-state index in [0.717, 1.165) is 52.5 Å². The molecule has 1 aliphatic heterocycles. The van der Waals surface area contributed by atoms with E-state index in [1.54, 1.807) is 12.4 Å². The van der Waals surface area contributed by atoms with E-state index in [4.69, 9.17) is 9.84 Å². The van der Waals surface area contributed by atoms with Crippen LogP contribution in [0, 0.1) is 0 Å². The average molecular weight is 455 g/mol. The fourth-order valence-corrected chi connectivity index (χ4v) is 4.38. The number of ether oxygens (including phenoxy) is 1. The quantitative estimate of drug-likeness (QED) is 0.377. The van der Waals surface area contributed by atoms with Gasteiger partial charge in [0.15, 0.2) is 0 Å². The van der Waals surface area contributed by atoms with Crippen LogP contribution in [0.3, 0.4) is 0 Å². The molecular weight excluding hydrogens is 424 g/mol. The minimum Gasteiger partial charge on any atom is -0.489 e. The lowest BCUT2D eigenvalue weighted by molar-refractivity contribution is 0.210. The van der Waals surface area contributed by atoms with Crippen LogP contribution in [-0.2, 0) is 6.61 Å². The van der Waals surface area contributed by atoms with Crippen LogP contribution in [0.15, 0.2) is 73.1 Å². The number of aromatic nitrogens is 3. The lowest BCUT2D eigenvalue weighted by Crippen LogP contribution is -2.26. The molecule has 0 saturated carbocycles. The van der Waals surface area contributed by atoms with Crippen LogP contribution in [-0.4, -0.2) is 33.0 Å². The Hall–Kier alpha value is -3.64. The second-order valence-electron chi connectivity index (χ2n) is 9.01. The number of pyridine rings is 1. The fourth-order valence-electron chi connectivity index (χ4n) is 4.38. The van der Waals surface area contributed by atoms with Gasteiger partial charge in [0.25, 0.3) is 0 Å². The molecule has 1 aliphatic rings. The zero-order valence-electron chi connectivity index (χ0n) is 19.6. The summed E-state index contributed by atoms with van der Waals surface area (Å²) in [5.74, 6) is 2.29. The summed E-state index contributed by atoms with van der Waals surface area (Å²) in [4.78, 5) is 4.15. The fraction of sp³-hybridized carbons (Fsp3) is 0.286. The minimum absolute atomic E-state index is 0.0322. The van der Waals surface area contributed by atoms with E-state index in [0.29, 0.717) is 12.5 Å². The standard InChI is InChI=1S/C28H30N4O2/c1-19(2)21-5-3-20(4-6-21)18-34-25-9-7-22(8-10-25)26-27(23-11-14-29-15-12-23)31-32-24(17-33)13-16-30-28(26)32/h3-12,14-15,19,24,30,33H,13,16-18H2,1-2H3. The summed E-state index contributed by atoms with van der Waals surface area (Å²) in [7, 11) is 0. The van der Waals surface area contributed by atoms with Crippen molar-refractivity contribution in [1.82, 2.24) is 14.8 Å². The topological polar surface area (TPSA) is 72.2 Å². The zero-order valence-corrected chi connectivity index (χ0v) is 19.6. The Kier molecular flexibility index (Phi) is 6.32. The summed E-state index contributed by atoms with van der Waals surface area (Å²) in [6.45, 7) is 5.80. The van der Waals surface area contributed by atoms with Crippen molar-refractivity contribution in [2.75, 3.05) is 18.5 Å². The van der Waals surface area contributed by atoms with E-state index < -0.39 is 0 Å². The molecule has 0 bridgehead atoms. The predicted octanol–water partition coefficient (Wildman–Crippen LogP) is 5.66. The number of anilines is 1. The third-order valence-corrected chi connectivity index (χ3v) is 6.39. The molecule has 34 heavy (non-hydrogen) atoms. The number of hydrogen-bond donors (Lipinski definition) is 2. The molecule has 5 rings (SSSR count). The van der Waals surface area contributed by atoms with Crippen LogP contribution >= 0.6 is 0 Å². The number of hydrogen-bond acceptors (Lipinski definition) is 5. The molecule has 2 N–H and O–H groups in total. The van der Waals surface area contributed by atoms with Crippen molar-refractivity contribution in [2.24, 2.45) is 0 Å². The summed E-state index contributed by atoms with van der Waals surface area (Å²) in [6.07, 6.45) is 4.39. The molecule has 0 saturated heterocycles. The maximum Gasteiger partial charge on any atom is 0.133 e. The molecule has 0 fully saturated rings. The highest BCUT2D eigenvalue weighted by molar-refractivity contribution is 5.89. The SMILES string of the molecule is CC(C)c1ccc(COc2ccc(-c3c(-c4ccncc4)nn4c3NCCC4CO)cc2)cc1. The normalized spacial score (nSPS) is 15.1. The molecule has 0 aliphatic carbocycles. The lowest BCUT2D eigenvalue weighted by atomic mass is 10.0. The molecule has 6 heteroatoms. The Labute approximate surface area is 200 Å². The molecule has 2 aromatic carbocycles. The van der Waals surface area contributed by atoms with Gasteiger partial charge in [0, 0.05) is 24.5 Å². The second kappa shape index (κ2) is 9.69. The maximum absolute atomic E-state index is 9.90. The molecule has 0 radical (unpaired) electrons. The van der Waals surface area contributed by atoms with Crippen LogP contribution in [0.25, 0.3) is 22.4 Å². The molecule has 0 amide bonds. The Morgan fingerprint density at radius 3 is 2.41 bits per heavy atom. The molecule has 2 aromatic heterocycles. The third-order valence-electron chi connectivity index (χ3n) is 6.39. The summed E-state index contributed by atoms with van der Waals surface area (Å²) < 4.78 is 7.98. The van der Waals surface area contributed by atoms with Gasteiger partial charge >= 0.3 is 0 Å². The Morgan fingerprint density at radius 1 is 1.00 bits per heavy atom. The highest BCUT2D eigenvalue weighted by atomic mass is 16.5. The van der Waals surface area contributed by atoms with Crippen LogP contribution in [0.4, 0.5) is 5.82 Å². The first-order chi connectivity index (χ1) is 16.6. The van der Waals surface area contributed by atoms with Gasteiger partial charge in [0.05, 0.1) is 18.2 Å². The van der Waals surface area contributed by atoms with Gasteiger partial charge in [-0.05, 0) is 53.3 Å². The lowest BCUT2D eigenvalue weighted by Gasteiger charge is -2.24. The van der Waals surface area contributed by atoms with Gasteiger partial charge in [-0.3, -0.25) is 4.98 Å². The first kappa shape index (κ1) is 22.2. The molecule has 1 unspecified atom stereocenters. The van der Waals surface area contributed by atoms with Crippen molar-refractivity contribution >= 4 is 5.82 Å². The van der Waals surface area contributed by atoms with Crippen LogP contribution < -0.4 is 10.1 Å². The first-order valence-corrected chi connectivity index (χ1v) is 11.8. The van der Waals surface area contributed by atoms with Gasteiger partial charge in [0.1, 0.15) is 23.9 Å². The Morgan fingerprint density at radius 2 is 1.74 bits per heavy atom. The molecule has 3 heterocycles. The number of nitrogens with one attached hydrogen (secondary N) is 1. The highest BCUT2D eigenvalue weighted by Gasteiger charge is 2.27. The van der Waals surface area contributed by atoms with Crippen LogP contribution in [0.5, 0.6) is 5.75 Å². The van der Waals surface area contributed by atoms with Crippen molar-refractivity contribution in [3.63, 3.8) is 0 Å². The summed E-state index contributed by atoms with van der Waals surface area (Å²) in [5.41, 5.74) is 6.44. The molecule has 4 aromatic rings. The van der Waals surface area contributed by atoms with E-state index in [1.807, 2.05) is 28.9 Å². The molecule has 0 spiro atoms. The molecule has 174 valence electrons.